The first-order valence-corrected chi connectivity index (χ1v) is 21.4. The molecule has 0 saturated heterocycles. The van der Waals surface area contributed by atoms with Crippen molar-refractivity contribution in [3.05, 3.63) is 251 Å². The average Bonchev–Trinajstić information content (AvgIpc) is 3.65. The van der Waals surface area contributed by atoms with Crippen molar-refractivity contribution in [3.8, 4) is 16.8 Å². The number of rotatable bonds is 5. The molecule has 4 heteroatoms. The van der Waals surface area contributed by atoms with Crippen LogP contribution in [0, 0.1) is 0 Å². The summed E-state index contributed by atoms with van der Waals surface area (Å²) in [5, 5.41) is 2.55. The molecular weight excluding hydrogens is 795 g/mol. The standard InChI is InChI=1S/C56H38BrN3/c57-49-22-8-1-15-40(49)37-58-52-25-11-4-18-45(52)56(46-19-5-12-26-53(46)58)47-20-6-13-27-54(47)60(55-28-14-7-21-48(55)56)42-35-31-39(32-36-42)38-29-33-41(34-30-38)59-50-23-9-2-16-43(50)44-17-3-10-24-51(44)59/h1-36H,37H2. The molecule has 0 radical (unpaired) electrons. The minimum absolute atomic E-state index is 0.542. The van der Waals surface area contributed by atoms with E-state index in [1.54, 1.807) is 0 Å². The highest BCUT2D eigenvalue weighted by molar-refractivity contribution is 9.10. The molecule has 0 atom stereocenters. The summed E-state index contributed by atoms with van der Waals surface area (Å²) < 4.78 is 3.49. The first-order valence-electron chi connectivity index (χ1n) is 20.6. The van der Waals surface area contributed by atoms with E-state index in [0.717, 1.165) is 22.4 Å². The van der Waals surface area contributed by atoms with E-state index in [0.29, 0.717) is 0 Å². The van der Waals surface area contributed by atoms with Gasteiger partial charge in [-0.05, 0) is 106 Å². The molecule has 0 bridgehead atoms. The van der Waals surface area contributed by atoms with Crippen LogP contribution < -0.4 is 9.80 Å². The van der Waals surface area contributed by atoms with Gasteiger partial charge in [-0.3, -0.25) is 0 Å². The zero-order valence-electron chi connectivity index (χ0n) is 32.7. The molecular formula is C56H38BrN3. The molecule has 284 valence electrons. The maximum absolute atomic E-state index is 3.85. The Morgan fingerprint density at radius 1 is 0.367 bits per heavy atom. The van der Waals surface area contributed by atoms with Crippen molar-refractivity contribution in [1.29, 1.82) is 0 Å². The summed E-state index contributed by atoms with van der Waals surface area (Å²) in [7, 11) is 0. The number of halogens is 1. The van der Waals surface area contributed by atoms with Gasteiger partial charge in [0, 0.05) is 44.5 Å². The average molecular weight is 833 g/mol. The van der Waals surface area contributed by atoms with Gasteiger partial charge in [0.1, 0.15) is 0 Å². The van der Waals surface area contributed by atoms with Crippen LogP contribution in [-0.4, -0.2) is 4.57 Å². The number of fused-ring (bicyclic) bond motifs is 11. The van der Waals surface area contributed by atoms with Crippen LogP contribution in [0.15, 0.2) is 223 Å². The van der Waals surface area contributed by atoms with E-state index in [2.05, 4.69) is 249 Å². The van der Waals surface area contributed by atoms with Crippen LogP contribution in [0.25, 0.3) is 38.6 Å². The number of hydrogen-bond acceptors (Lipinski definition) is 2. The molecule has 3 heterocycles. The van der Waals surface area contributed by atoms with Crippen molar-refractivity contribution < 1.29 is 0 Å². The number of nitrogens with zero attached hydrogens (tertiary/aromatic N) is 3. The Balaban J connectivity index is 0.966. The molecule has 0 amide bonds. The summed E-state index contributed by atoms with van der Waals surface area (Å²) in [6, 6.07) is 80.2. The second-order valence-electron chi connectivity index (χ2n) is 15.8. The number of aromatic nitrogens is 1. The molecule has 60 heavy (non-hydrogen) atoms. The Bertz CT molecular complexity index is 3120. The highest BCUT2D eigenvalue weighted by atomic mass is 79.9. The van der Waals surface area contributed by atoms with Gasteiger partial charge in [0.25, 0.3) is 0 Å². The van der Waals surface area contributed by atoms with Crippen molar-refractivity contribution in [2.45, 2.75) is 12.0 Å². The minimum atomic E-state index is -0.542. The van der Waals surface area contributed by atoms with Gasteiger partial charge in [0.15, 0.2) is 0 Å². The fourth-order valence-electron chi connectivity index (χ4n) is 10.2. The fraction of sp³-hybridized carbons (Fsp3) is 0.0357. The fourth-order valence-corrected chi connectivity index (χ4v) is 10.6. The smallest absolute Gasteiger partial charge is 0.0782 e. The van der Waals surface area contributed by atoms with E-state index >= 15 is 0 Å². The van der Waals surface area contributed by atoms with E-state index in [1.807, 2.05) is 0 Å². The molecule has 0 fully saturated rings. The Kier molecular flexibility index (Phi) is 7.97. The zero-order valence-corrected chi connectivity index (χ0v) is 34.3. The molecule has 0 unspecified atom stereocenters. The lowest BCUT2D eigenvalue weighted by Crippen LogP contribution is -2.42. The van der Waals surface area contributed by atoms with E-state index in [-0.39, 0.29) is 0 Å². The van der Waals surface area contributed by atoms with Crippen molar-refractivity contribution >= 4 is 66.2 Å². The molecule has 2 aliphatic heterocycles. The Hall–Kier alpha value is -7.14. The van der Waals surface area contributed by atoms with Crippen LogP contribution >= 0.6 is 15.9 Å². The van der Waals surface area contributed by atoms with Crippen molar-refractivity contribution in [2.75, 3.05) is 9.80 Å². The van der Waals surface area contributed by atoms with E-state index in [4.69, 9.17) is 0 Å². The molecule has 1 aromatic heterocycles. The Labute approximate surface area is 358 Å². The van der Waals surface area contributed by atoms with Crippen LogP contribution in [0.2, 0.25) is 0 Å². The van der Waals surface area contributed by atoms with Crippen LogP contribution in [0.3, 0.4) is 0 Å². The summed E-state index contributed by atoms with van der Waals surface area (Å²) in [6.07, 6.45) is 0. The van der Waals surface area contributed by atoms with Crippen LogP contribution in [0.5, 0.6) is 0 Å². The van der Waals surface area contributed by atoms with Crippen molar-refractivity contribution in [3.63, 3.8) is 0 Å². The van der Waals surface area contributed by atoms with Crippen molar-refractivity contribution in [1.82, 2.24) is 4.57 Å². The normalized spacial score (nSPS) is 13.6. The summed E-state index contributed by atoms with van der Waals surface area (Å²) in [5.41, 5.74) is 17.7. The van der Waals surface area contributed by atoms with Crippen LogP contribution in [0.4, 0.5) is 28.4 Å². The number of para-hydroxylation sites is 6. The third-order valence-corrected chi connectivity index (χ3v) is 13.5. The summed E-state index contributed by atoms with van der Waals surface area (Å²) in [5.74, 6) is 0. The largest absolute Gasteiger partial charge is 0.336 e. The van der Waals surface area contributed by atoms with E-state index in [1.165, 1.54) is 83.5 Å². The van der Waals surface area contributed by atoms with Gasteiger partial charge in [-0.2, -0.15) is 0 Å². The molecule has 10 aromatic rings. The topological polar surface area (TPSA) is 11.4 Å². The predicted octanol–water partition coefficient (Wildman–Crippen LogP) is 15.0. The third-order valence-electron chi connectivity index (χ3n) is 12.7. The van der Waals surface area contributed by atoms with Gasteiger partial charge in [-0.25, -0.2) is 0 Å². The SMILES string of the molecule is Brc1ccccc1CN1c2ccccc2C2(c3ccccc31)c1ccccc1N(c1ccc(-c3ccc(-n4c5ccccc5c5ccccc54)cc3)cc1)c1ccccc12. The number of hydrogen-bond donors (Lipinski definition) is 0. The number of anilines is 5. The zero-order chi connectivity index (χ0) is 39.8. The molecule has 0 saturated carbocycles. The Morgan fingerprint density at radius 3 is 1.28 bits per heavy atom. The van der Waals surface area contributed by atoms with Gasteiger partial charge in [-0.15, -0.1) is 0 Å². The highest BCUT2D eigenvalue weighted by Gasteiger charge is 2.51. The van der Waals surface area contributed by atoms with E-state index in [9.17, 15) is 0 Å². The first kappa shape index (κ1) is 34.9. The summed E-state index contributed by atoms with van der Waals surface area (Å²) in [6.45, 7) is 0.746. The molecule has 0 aliphatic carbocycles. The second-order valence-corrected chi connectivity index (χ2v) is 16.6. The third kappa shape index (κ3) is 5.07. The predicted molar refractivity (Wildman–Crippen MR) is 253 cm³/mol. The van der Waals surface area contributed by atoms with Gasteiger partial charge < -0.3 is 14.4 Å². The van der Waals surface area contributed by atoms with Gasteiger partial charge in [0.2, 0.25) is 0 Å². The monoisotopic (exact) mass is 831 g/mol. The molecule has 0 N–H and O–H groups in total. The van der Waals surface area contributed by atoms with Gasteiger partial charge in [-0.1, -0.05) is 168 Å². The van der Waals surface area contributed by atoms with Gasteiger partial charge in [0.05, 0.1) is 27.8 Å². The Morgan fingerprint density at radius 2 is 0.767 bits per heavy atom. The maximum atomic E-state index is 3.85. The first-order chi connectivity index (χ1) is 29.7. The quantitative estimate of drug-likeness (QED) is 0.171. The van der Waals surface area contributed by atoms with Gasteiger partial charge >= 0.3 is 0 Å². The maximum Gasteiger partial charge on any atom is 0.0782 e. The molecule has 3 nitrogen and oxygen atoms in total. The lowest BCUT2D eigenvalue weighted by atomic mass is 9.60. The van der Waals surface area contributed by atoms with Crippen LogP contribution in [-0.2, 0) is 12.0 Å². The summed E-state index contributed by atoms with van der Waals surface area (Å²) >= 11 is 3.85. The van der Waals surface area contributed by atoms with Crippen LogP contribution in [0.1, 0.15) is 27.8 Å². The molecule has 2 aliphatic rings. The molecule has 9 aromatic carbocycles. The highest BCUT2D eigenvalue weighted by Crippen LogP contribution is 2.63. The summed E-state index contributed by atoms with van der Waals surface area (Å²) in [4.78, 5) is 4.96. The van der Waals surface area contributed by atoms with Crippen molar-refractivity contribution in [2.24, 2.45) is 0 Å². The lowest BCUT2D eigenvalue weighted by molar-refractivity contribution is 0.705. The van der Waals surface area contributed by atoms with E-state index < -0.39 is 5.41 Å². The molecule has 1 spiro atoms. The lowest BCUT2D eigenvalue weighted by Gasteiger charge is -2.51. The minimum Gasteiger partial charge on any atom is -0.336 e. The number of benzene rings is 9. The molecule has 12 rings (SSSR count). The second kappa shape index (κ2) is 13.7.